The Kier molecular flexibility index (Phi) is 14.1. The van der Waals surface area contributed by atoms with Crippen molar-refractivity contribution in [2.24, 2.45) is 5.41 Å². The average Bonchev–Trinajstić information content (AvgIpc) is 4.09. The number of thiol groups is 1. The van der Waals surface area contributed by atoms with Crippen molar-refractivity contribution < 1.29 is 22.9 Å². The van der Waals surface area contributed by atoms with Crippen molar-refractivity contribution >= 4 is 73.7 Å². The number of carbonyl (C=O) groups is 1. The van der Waals surface area contributed by atoms with Crippen LogP contribution in [0.5, 0.6) is 17.2 Å². The quantitative estimate of drug-likeness (QED) is 0.0223. The maximum Gasteiger partial charge on any atom is 0.267 e. The molecule has 3 aromatic carbocycles. The van der Waals surface area contributed by atoms with Gasteiger partial charge in [-0.25, -0.2) is 19.3 Å². The van der Waals surface area contributed by atoms with Gasteiger partial charge in [0.15, 0.2) is 0 Å². The second-order valence-corrected chi connectivity index (χ2v) is 27.0. The van der Waals surface area contributed by atoms with E-state index in [1.807, 2.05) is 24.4 Å². The topological polar surface area (TPSA) is 195 Å². The minimum Gasteiger partial charge on any atom is -0.497 e. The summed E-state index contributed by atoms with van der Waals surface area (Å²) in [5.41, 5.74) is 12.0. The largest absolute Gasteiger partial charge is 0.497 e. The number of aromatic nitrogens is 5. The molecule has 1 atom stereocenters. The number of piperazine rings is 1. The number of carbonyl (C=O) groups excluding carboxylic acids is 1. The van der Waals surface area contributed by atoms with Crippen LogP contribution in [-0.4, -0.2) is 116 Å². The lowest BCUT2D eigenvalue weighted by atomic mass is 9.59. The predicted octanol–water partition coefficient (Wildman–Crippen LogP) is 9.22. The third kappa shape index (κ3) is 10.3. The molecular formula is C55H66FIN12O4S. The number of halogens is 2. The Bertz CT molecular complexity index is 3200. The number of nitrogen functional groups attached to an aromatic ring is 1. The van der Waals surface area contributed by atoms with E-state index in [0.717, 1.165) is 76.1 Å². The summed E-state index contributed by atoms with van der Waals surface area (Å²) in [5.74, 6) is 2.05. The number of nitrogens with zero attached hydrogens (tertiary/aromatic N) is 6. The van der Waals surface area contributed by atoms with Crippen LogP contribution in [0.25, 0.3) is 22.1 Å². The molecule has 11 rings (SSSR count). The van der Waals surface area contributed by atoms with Gasteiger partial charge in [0.25, 0.3) is 5.91 Å². The molecule has 0 bridgehead atoms. The number of nitrogens with two attached hydrogens (primary N) is 1. The number of ether oxygens (including phenoxy) is 2. The standard InChI is InChI=1S/C55H66FIN12O4S/c1-35(2)41-6-4-5-7-42(41)45-32-67(31-36-8-10-39(72-3)11-9-36)22-23-69(45)38-27-54(28-38)15-20-68(21-16-54)48-26-46(73-40-24-37-12-17-60-52(37)62-29-40)43(30-61-48)53(70)66-74(57,71)47-25-44(58)49(51-50(47)64-34-65-51)63-33-55(56)13-18-59-19-14-55/h4-12,17,24-26,29-30,34-35,38,45,59,63,74H,13-16,18-23,27-28,31-33,58H2,1-3H3,(H,60,62)(H,64,65)(H,66,70,71). The maximum absolute atomic E-state index is 15.6. The minimum absolute atomic E-state index is 0.0580. The number of hydrogen-bond donors (Lipinski definition) is 7. The van der Waals surface area contributed by atoms with Crippen molar-refractivity contribution in [3.8, 4) is 17.2 Å². The molecule has 7 heterocycles. The fourth-order valence-electron chi connectivity index (χ4n) is 11.9. The van der Waals surface area contributed by atoms with Crippen LogP contribution in [0.2, 0.25) is 0 Å². The number of H-pyrrole nitrogens is 2. The molecular weight excluding hydrogens is 1070 g/mol. The number of amides is 1. The van der Waals surface area contributed by atoms with E-state index in [1.54, 1.807) is 40.6 Å². The van der Waals surface area contributed by atoms with Gasteiger partial charge in [0.2, 0.25) is 0 Å². The summed E-state index contributed by atoms with van der Waals surface area (Å²) in [4.78, 5) is 42.5. The van der Waals surface area contributed by atoms with Crippen molar-refractivity contribution in [1.82, 2.24) is 44.8 Å². The van der Waals surface area contributed by atoms with Gasteiger partial charge in [-0.1, -0.05) is 50.2 Å². The molecule has 4 fully saturated rings. The highest BCUT2D eigenvalue weighted by molar-refractivity contribution is 14.2. The molecule has 74 heavy (non-hydrogen) atoms. The summed E-state index contributed by atoms with van der Waals surface area (Å²) >= 11 is 1.78. The predicted molar refractivity (Wildman–Crippen MR) is 300 cm³/mol. The molecule has 4 aromatic heterocycles. The summed E-state index contributed by atoms with van der Waals surface area (Å²) in [6.07, 6.45) is 11.5. The van der Waals surface area contributed by atoms with Gasteiger partial charge in [-0.3, -0.25) is 23.5 Å². The Morgan fingerprint density at radius 1 is 0.946 bits per heavy atom. The molecule has 19 heteroatoms. The fourth-order valence-corrected chi connectivity index (χ4v) is 14.9. The number of nitrogens with one attached hydrogen (secondary N) is 5. The van der Waals surface area contributed by atoms with E-state index >= 15 is 4.39 Å². The molecule has 1 amide bonds. The van der Waals surface area contributed by atoms with Gasteiger partial charge >= 0.3 is 0 Å². The van der Waals surface area contributed by atoms with Crippen LogP contribution in [0.1, 0.15) is 91.4 Å². The highest BCUT2D eigenvalue weighted by atomic mass is 127. The van der Waals surface area contributed by atoms with Crippen molar-refractivity contribution in [2.75, 3.05) is 75.4 Å². The molecule has 16 nitrogen and oxygen atoms in total. The molecule has 390 valence electrons. The first-order chi connectivity index (χ1) is 35.8. The van der Waals surface area contributed by atoms with Crippen molar-refractivity contribution in [3.63, 3.8) is 0 Å². The second-order valence-electron chi connectivity index (χ2n) is 21.1. The van der Waals surface area contributed by atoms with E-state index < -0.39 is 18.9 Å². The lowest BCUT2D eigenvalue weighted by Crippen LogP contribution is -2.60. The Morgan fingerprint density at radius 3 is 2.50 bits per heavy atom. The van der Waals surface area contributed by atoms with E-state index in [4.69, 9.17) is 20.2 Å². The van der Waals surface area contributed by atoms with Gasteiger partial charge < -0.3 is 40.7 Å². The first-order valence-electron chi connectivity index (χ1n) is 25.8. The maximum atomic E-state index is 15.6. The van der Waals surface area contributed by atoms with Gasteiger partial charge in [0.1, 0.15) is 45.5 Å². The highest BCUT2D eigenvalue weighted by Crippen LogP contribution is 2.53. The summed E-state index contributed by atoms with van der Waals surface area (Å²) in [6, 6.07) is 25.5. The summed E-state index contributed by atoms with van der Waals surface area (Å²) in [6.45, 7) is 11.4. The van der Waals surface area contributed by atoms with Crippen LogP contribution < -0.4 is 35.5 Å². The molecule has 1 aliphatic carbocycles. The third-order valence-electron chi connectivity index (χ3n) is 16.1. The van der Waals surface area contributed by atoms with E-state index in [2.05, 4.69) is 112 Å². The molecule has 7 aromatic rings. The van der Waals surface area contributed by atoms with E-state index in [9.17, 15) is 9.00 Å². The molecule has 3 saturated heterocycles. The smallest absolute Gasteiger partial charge is 0.267 e. The zero-order chi connectivity index (χ0) is 51.2. The SMILES string of the molecule is COc1ccc(CN2CCN(C3CC4(CCN(c5cc(Oc6cnc7[nH]ccc7c6)c(C(=O)N[SH](=O)(I)c6cc(N)c(NCC7(F)CCNCC7)c7[nH]cnc67)cn5)CC4)C3)C(c3ccccc3C(C)C)C2)cc1. The van der Waals surface area contributed by atoms with Crippen molar-refractivity contribution in [2.45, 2.75) is 87.5 Å². The van der Waals surface area contributed by atoms with Gasteiger partial charge in [-0.2, -0.15) is 0 Å². The van der Waals surface area contributed by atoms with Crippen LogP contribution in [-0.2, 0) is 13.8 Å². The number of hydrogen-bond acceptors (Lipinski definition) is 13. The first kappa shape index (κ1) is 50.3. The van der Waals surface area contributed by atoms with E-state index in [0.29, 0.717) is 77.9 Å². The summed E-state index contributed by atoms with van der Waals surface area (Å²) < 4.78 is 45.1. The Balaban J connectivity index is 0.797. The molecule has 7 N–H and O–H groups in total. The number of rotatable bonds is 15. The molecule has 3 aliphatic heterocycles. The third-order valence-corrected chi connectivity index (χ3v) is 19.8. The number of piperidine rings is 2. The minimum atomic E-state index is -3.75. The van der Waals surface area contributed by atoms with Gasteiger partial charge in [0.05, 0.1) is 41.4 Å². The summed E-state index contributed by atoms with van der Waals surface area (Å²) in [7, 11) is -2.04. The number of methoxy groups -OCH3 is 1. The molecule has 1 saturated carbocycles. The normalized spacial score (nSPS) is 19.7. The number of pyridine rings is 2. The van der Waals surface area contributed by atoms with E-state index in [1.165, 1.54) is 29.2 Å². The van der Waals surface area contributed by atoms with E-state index in [-0.39, 0.29) is 33.9 Å². The van der Waals surface area contributed by atoms with Gasteiger partial charge in [0, 0.05) is 110 Å². The Labute approximate surface area is 444 Å². The number of benzene rings is 3. The zero-order valence-electron chi connectivity index (χ0n) is 42.2. The molecule has 1 spiro atoms. The van der Waals surface area contributed by atoms with Crippen LogP contribution in [0.4, 0.5) is 21.6 Å². The number of alkyl halides is 1. The van der Waals surface area contributed by atoms with Crippen molar-refractivity contribution in [1.29, 1.82) is 0 Å². The average molecular weight is 1140 g/mol. The number of fused-ring (bicyclic) bond motifs is 2. The second kappa shape index (κ2) is 20.7. The van der Waals surface area contributed by atoms with Crippen LogP contribution in [0.15, 0.2) is 103 Å². The highest BCUT2D eigenvalue weighted by Gasteiger charge is 2.50. The lowest BCUT2D eigenvalue weighted by molar-refractivity contribution is -0.0628. The monoisotopic (exact) mass is 1140 g/mol. The first-order valence-corrected chi connectivity index (χ1v) is 30.3. The van der Waals surface area contributed by atoms with Crippen molar-refractivity contribution in [3.05, 3.63) is 120 Å². The Hall–Kier alpha value is -5.87. The number of anilines is 3. The number of imidazole rings is 1. The van der Waals surface area contributed by atoms with Crippen LogP contribution in [0.3, 0.4) is 0 Å². The fraction of sp³-hybridized carbons (Fsp3) is 0.418. The zero-order valence-corrected chi connectivity index (χ0v) is 45.2. The number of aromatic amines is 2. The molecule has 1 unspecified atom stereocenters. The Morgan fingerprint density at radius 2 is 1.73 bits per heavy atom. The molecule has 0 radical (unpaired) electrons. The van der Waals surface area contributed by atoms with Gasteiger partial charge in [-0.15, -0.1) is 0 Å². The van der Waals surface area contributed by atoms with Crippen LogP contribution >= 0.6 is 21.2 Å². The van der Waals surface area contributed by atoms with Crippen LogP contribution in [0, 0.1) is 5.41 Å². The van der Waals surface area contributed by atoms with Gasteiger partial charge in [-0.05, 0) is 110 Å². The molecule has 4 aliphatic rings. The lowest BCUT2D eigenvalue weighted by Gasteiger charge is -2.58. The summed E-state index contributed by atoms with van der Waals surface area (Å²) in [5, 5.41) is 7.25.